The number of aliphatic hydroxyl groups excluding tert-OH is 2. The Kier molecular flexibility index (Phi) is 15.9. The van der Waals surface area contributed by atoms with Gasteiger partial charge in [-0.1, -0.05) is 27.7 Å². The molecule has 0 bridgehead atoms. The minimum atomic E-state index is -4.93. The maximum Gasteiger partial charge on any atom is 0.397 e. The summed E-state index contributed by atoms with van der Waals surface area (Å²) in [5, 5.41) is 46.9. The molecule has 18 heteroatoms. The van der Waals surface area contributed by atoms with Crippen LogP contribution in [0.5, 0.6) is 0 Å². The molecule has 55 heavy (non-hydrogen) atoms. The maximum atomic E-state index is 14.2. The third-order valence-corrected chi connectivity index (χ3v) is 12.5. The molecule has 0 unspecified atom stereocenters. The summed E-state index contributed by atoms with van der Waals surface area (Å²) in [4.78, 5) is 29.8. The number of cyclic esters (lactones) is 1. The van der Waals surface area contributed by atoms with E-state index >= 15 is 0 Å². The van der Waals surface area contributed by atoms with Crippen molar-refractivity contribution >= 4 is 22.2 Å². The number of aliphatic hydroxyl groups is 4. The van der Waals surface area contributed by atoms with Crippen molar-refractivity contribution < 1.29 is 75.6 Å². The van der Waals surface area contributed by atoms with Gasteiger partial charge in [0.15, 0.2) is 12.6 Å². The van der Waals surface area contributed by atoms with Crippen molar-refractivity contribution in [1.82, 2.24) is 4.90 Å². The molecular formula is C37H67NO16S. The van der Waals surface area contributed by atoms with Gasteiger partial charge in [0.2, 0.25) is 0 Å². The summed E-state index contributed by atoms with van der Waals surface area (Å²) in [7, 11) is 0.0294. The van der Waals surface area contributed by atoms with Gasteiger partial charge in [-0.3, -0.25) is 14.1 Å². The molecule has 0 amide bonds. The first-order valence-corrected chi connectivity index (χ1v) is 20.5. The van der Waals surface area contributed by atoms with E-state index in [9.17, 15) is 43.0 Å². The highest BCUT2D eigenvalue weighted by Gasteiger charge is 2.54. The van der Waals surface area contributed by atoms with Crippen molar-refractivity contribution in [2.45, 2.75) is 179 Å². The fraction of sp³-hybridized carbons (Fsp3) is 0.946. The molecule has 3 aliphatic rings. The summed E-state index contributed by atoms with van der Waals surface area (Å²) >= 11 is 0. The van der Waals surface area contributed by atoms with E-state index in [1.807, 2.05) is 25.9 Å². The van der Waals surface area contributed by atoms with Crippen LogP contribution in [-0.2, 0) is 52.6 Å². The molecule has 0 saturated carbocycles. The average Bonchev–Trinajstić information content (AvgIpc) is 3.08. The second kappa shape index (κ2) is 18.3. The van der Waals surface area contributed by atoms with Crippen molar-refractivity contribution in [3.63, 3.8) is 0 Å². The number of nitrogens with zero attached hydrogens (tertiary/aromatic N) is 1. The lowest BCUT2D eigenvalue weighted by molar-refractivity contribution is -0.316. The highest BCUT2D eigenvalue weighted by molar-refractivity contribution is 7.80. The monoisotopic (exact) mass is 813 g/mol. The molecule has 3 heterocycles. The van der Waals surface area contributed by atoms with Gasteiger partial charge in [0, 0.05) is 37.3 Å². The quantitative estimate of drug-likeness (QED) is 0.164. The number of hydrogen-bond donors (Lipinski definition) is 5. The first-order valence-electron chi connectivity index (χ1n) is 19.2. The van der Waals surface area contributed by atoms with Gasteiger partial charge in [-0.15, -0.1) is 0 Å². The zero-order chi connectivity index (χ0) is 42.2. The van der Waals surface area contributed by atoms with E-state index in [0.717, 1.165) is 0 Å². The Bertz CT molecular complexity index is 1410. The third-order valence-electron chi connectivity index (χ3n) is 12.0. The molecule has 3 rings (SSSR count). The largest absolute Gasteiger partial charge is 0.459 e. The Morgan fingerprint density at radius 3 is 2.04 bits per heavy atom. The zero-order valence-electron chi connectivity index (χ0n) is 34.6. The number of likely N-dealkylation sites (N-methyl/N-ethyl adjacent to an activating group) is 1. The third kappa shape index (κ3) is 11.0. The van der Waals surface area contributed by atoms with E-state index in [1.165, 1.54) is 41.7 Å². The number of esters is 1. The molecule has 17 nitrogen and oxygen atoms in total. The lowest BCUT2D eigenvalue weighted by atomic mass is 9.74. The summed E-state index contributed by atoms with van der Waals surface area (Å²) in [6.07, 6.45) is -11.6. The number of carbonyl (C=O) groups excluding carboxylic acids is 2. The molecule has 0 aromatic heterocycles. The highest BCUT2D eigenvalue weighted by Crippen LogP contribution is 2.41. The van der Waals surface area contributed by atoms with Crippen LogP contribution >= 0.6 is 0 Å². The Morgan fingerprint density at radius 1 is 0.909 bits per heavy atom. The fourth-order valence-electron chi connectivity index (χ4n) is 8.71. The number of rotatable bonds is 9. The Balaban J connectivity index is 2.20. The van der Waals surface area contributed by atoms with Crippen LogP contribution in [0.2, 0.25) is 0 Å². The lowest BCUT2D eigenvalue weighted by Crippen LogP contribution is -2.61. The minimum absolute atomic E-state index is 0.0766. The Hall–Kier alpha value is -1.39. The molecule has 3 fully saturated rings. The van der Waals surface area contributed by atoms with E-state index in [2.05, 4.69) is 0 Å². The number of methoxy groups -OCH3 is 1. The second-order valence-corrected chi connectivity index (χ2v) is 18.0. The molecular weight excluding hydrogens is 746 g/mol. The van der Waals surface area contributed by atoms with Crippen LogP contribution in [-0.4, -0.2) is 156 Å². The molecule has 0 aromatic carbocycles. The average molecular weight is 814 g/mol. The minimum Gasteiger partial charge on any atom is -0.459 e. The standard InChI is InChI=1S/C37H67NO16S/c1-14-25-37(10,44)30(41)20(4)27(39)18(2)16-35(8,43)31(53-34-28(40)24(38(11)12)15-19(3)49-34)21(5)29(22(6)33(42)51-25)52-26-17-36(9,48-13)32(23(7)50-26)54-55(45,46)47/h18-26,28-32,34,40-41,43-44H,14-17H2,1-13H3,(H,45,46,47)/t18-,19-,20+,21+,22-,23+,24+,25-,26+,28-,29+,30-,31-,32+,34+,35-,36-,37-/m1/s1. The number of hydrogen-bond acceptors (Lipinski definition) is 16. The Morgan fingerprint density at radius 2 is 1.51 bits per heavy atom. The van der Waals surface area contributed by atoms with E-state index in [0.29, 0.717) is 6.42 Å². The topological polar surface area (TPSA) is 237 Å². The van der Waals surface area contributed by atoms with Gasteiger partial charge in [-0.25, -0.2) is 4.18 Å². The van der Waals surface area contributed by atoms with Crippen LogP contribution in [0, 0.1) is 23.7 Å². The smallest absolute Gasteiger partial charge is 0.397 e. The number of Topliss-reactive ketones (excluding diaryl/α,β-unsaturated/α-hetero) is 1. The fourth-order valence-corrected chi connectivity index (χ4v) is 9.33. The van der Waals surface area contributed by atoms with Crippen LogP contribution < -0.4 is 0 Å². The van der Waals surface area contributed by atoms with Gasteiger partial charge in [0.25, 0.3) is 0 Å². The van der Waals surface area contributed by atoms with Crippen molar-refractivity contribution in [1.29, 1.82) is 0 Å². The van der Waals surface area contributed by atoms with E-state index in [4.69, 9.17) is 32.6 Å². The van der Waals surface area contributed by atoms with Crippen molar-refractivity contribution in [2.75, 3.05) is 21.2 Å². The van der Waals surface area contributed by atoms with Gasteiger partial charge in [0.05, 0.1) is 42.0 Å². The summed E-state index contributed by atoms with van der Waals surface area (Å²) in [6.45, 7) is 15.6. The first kappa shape index (κ1) is 48.0. The van der Waals surface area contributed by atoms with Gasteiger partial charge in [-0.05, 0) is 74.9 Å². The van der Waals surface area contributed by atoms with Gasteiger partial charge < -0.3 is 53.7 Å². The summed E-state index contributed by atoms with van der Waals surface area (Å²) in [6, 6.07) is -0.378. The molecule has 3 saturated heterocycles. The van der Waals surface area contributed by atoms with Gasteiger partial charge in [0.1, 0.15) is 35.3 Å². The summed E-state index contributed by atoms with van der Waals surface area (Å²) in [5.41, 5.74) is -5.34. The first-order chi connectivity index (χ1) is 25.1. The molecule has 0 aliphatic carbocycles. The van der Waals surface area contributed by atoms with Crippen molar-refractivity contribution in [3.05, 3.63) is 0 Å². The van der Waals surface area contributed by atoms with Crippen LogP contribution in [0.3, 0.4) is 0 Å². The highest BCUT2D eigenvalue weighted by atomic mass is 32.3. The van der Waals surface area contributed by atoms with Crippen molar-refractivity contribution in [3.8, 4) is 0 Å². The second-order valence-electron chi connectivity index (χ2n) is 17.0. The van der Waals surface area contributed by atoms with Crippen LogP contribution in [0.25, 0.3) is 0 Å². The predicted molar refractivity (Wildman–Crippen MR) is 197 cm³/mol. The van der Waals surface area contributed by atoms with Gasteiger partial charge in [-0.2, -0.15) is 8.42 Å². The molecule has 0 radical (unpaired) electrons. The zero-order valence-corrected chi connectivity index (χ0v) is 35.4. The summed E-state index contributed by atoms with van der Waals surface area (Å²) < 4.78 is 74.9. The SMILES string of the molecule is CC[C@H]1OC(=O)[C@H](C)[C@@H](O[C@H]2C[C@@](C)(OC)[C@@H](OS(=O)(=O)O)[C@H](C)O2)[C@H](C)[C@@H](O[C@@H]2O[C@H](C)C[C@H](N(C)C)[C@H]2O)[C@](C)(O)C[C@@H](C)C(=O)[C@H](C)[C@@H](O)[C@]1(C)O. The van der Waals surface area contributed by atoms with Gasteiger partial charge >= 0.3 is 16.4 Å². The summed E-state index contributed by atoms with van der Waals surface area (Å²) in [5.74, 6) is -5.45. The number of carbonyl (C=O) groups is 2. The number of ketones is 1. The lowest BCUT2D eigenvalue weighted by Gasteiger charge is -2.49. The van der Waals surface area contributed by atoms with E-state index in [1.54, 1.807) is 27.7 Å². The molecule has 0 aromatic rings. The molecule has 0 spiro atoms. The maximum absolute atomic E-state index is 14.2. The Labute approximate surface area is 326 Å². The van der Waals surface area contributed by atoms with Crippen LogP contribution in [0.1, 0.15) is 94.9 Å². The normalized spacial score (nSPS) is 47.3. The van der Waals surface area contributed by atoms with E-state index in [-0.39, 0.29) is 31.4 Å². The molecule has 3 aliphatic heterocycles. The molecule has 18 atom stereocenters. The number of ether oxygens (including phenoxy) is 6. The molecule has 322 valence electrons. The van der Waals surface area contributed by atoms with E-state index < -0.39 is 118 Å². The van der Waals surface area contributed by atoms with Crippen molar-refractivity contribution in [2.24, 2.45) is 23.7 Å². The van der Waals surface area contributed by atoms with Crippen LogP contribution in [0.4, 0.5) is 0 Å². The molecule has 5 N–H and O–H groups in total. The van der Waals surface area contributed by atoms with Crippen LogP contribution in [0.15, 0.2) is 0 Å². The predicted octanol–water partition coefficient (Wildman–Crippen LogP) is 1.61.